The third kappa shape index (κ3) is 0.602. The van der Waals surface area contributed by atoms with E-state index in [1.165, 1.54) is 0 Å². The Morgan fingerprint density at radius 3 is 2.78 bits per heavy atom. The molecule has 1 aliphatic heterocycles. The standard InChI is InChI=1S/C5H7F2NO/c6-5(7)3-4(5)9-2-1-8-3/h3-4,8H,1-2H2/t3-,4+/m1/s1. The lowest BCUT2D eigenvalue weighted by atomic mass is 10.5. The van der Waals surface area contributed by atoms with Crippen molar-refractivity contribution in [3.63, 3.8) is 0 Å². The summed E-state index contributed by atoms with van der Waals surface area (Å²) in [5.74, 6) is -2.59. The molecule has 2 aliphatic rings. The van der Waals surface area contributed by atoms with Crippen LogP contribution in [0.4, 0.5) is 8.78 Å². The summed E-state index contributed by atoms with van der Waals surface area (Å²) in [4.78, 5) is 0. The summed E-state index contributed by atoms with van der Waals surface area (Å²) in [5.41, 5.74) is 0. The molecule has 0 aromatic heterocycles. The Kier molecular flexibility index (Phi) is 0.887. The molecule has 1 aliphatic carbocycles. The Morgan fingerprint density at radius 2 is 2.33 bits per heavy atom. The van der Waals surface area contributed by atoms with Crippen molar-refractivity contribution in [3.05, 3.63) is 0 Å². The molecular weight excluding hydrogens is 128 g/mol. The molecule has 1 N–H and O–H groups in total. The van der Waals surface area contributed by atoms with Crippen LogP contribution in [0.1, 0.15) is 0 Å². The minimum absolute atomic E-state index is 0.413. The first-order chi connectivity index (χ1) is 4.23. The zero-order valence-electron chi connectivity index (χ0n) is 4.73. The van der Waals surface area contributed by atoms with Crippen molar-refractivity contribution in [2.45, 2.75) is 18.1 Å². The van der Waals surface area contributed by atoms with Gasteiger partial charge in [-0.1, -0.05) is 0 Å². The highest BCUT2D eigenvalue weighted by atomic mass is 19.3. The van der Waals surface area contributed by atoms with Gasteiger partial charge in [-0.2, -0.15) is 0 Å². The number of hydrogen-bond acceptors (Lipinski definition) is 2. The van der Waals surface area contributed by atoms with E-state index in [1.807, 2.05) is 0 Å². The maximum atomic E-state index is 12.3. The monoisotopic (exact) mass is 135 g/mol. The number of alkyl halides is 2. The second kappa shape index (κ2) is 1.44. The van der Waals surface area contributed by atoms with Crippen molar-refractivity contribution in [3.8, 4) is 0 Å². The van der Waals surface area contributed by atoms with E-state index in [4.69, 9.17) is 4.74 Å². The van der Waals surface area contributed by atoms with Crippen molar-refractivity contribution < 1.29 is 13.5 Å². The van der Waals surface area contributed by atoms with Crippen LogP contribution < -0.4 is 5.32 Å². The molecule has 0 amide bonds. The third-order valence-corrected chi connectivity index (χ3v) is 1.75. The molecule has 2 fully saturated rings. The summed E-state index contributed by atoms with van der Waals surface area (Å²) < 4.78 is 29.4. The molecule has 2 nitrogen and oxygen atoms in total. The molecule has 0 bridgehead atoms. The number of rotatable bonds is 0. The van der Waals surface area contributed by atoms with E-state index in [1.54, 1.807) is 0 Å². The van der Waals surface area contributed by atoms with Crippen LogP contribution in [0.5, 0.6) is 0 Å². The molecule has 0 spiro atoms. The van der Waals surface area contributed by atoms with E-state index in [-0.39, 0.29) is 0 Å². The van der Waals surface area contributed by atoms with E-state index in [2.05, 4.69) is 5.32 Å². The van der Waals surface area contributed by atoms with E-state index < -0.39 is 18.1 Å². The Bertz CT molecular complexity index is 125. The first kappa shape index (κ1) is 5.56. The molecule has 1 saturated heterocycles. The summed E-state index contributed by atoms with van der Waals surface area (Å²) >= 11 is 0. The zero-order chi connectivity index (χ0) is 6.48. The molecule has 52 valence electrons. The van der Waals surface area contributed by atoms with Crippen molar-refractivity contribution >= 4 is 0 Å². The van der Waals surface area contributed by atoms with E-state index in [0.29, 0.717) is 13.2 Å². The lowest BCUT2D eigenvalue weighted by molar-refractivity contribution is 0.0175. The minimum Gasteiger partial charge on any atom is -0.369 e. The van der Waals surface area contributed by atoms with Gasteiger partial charge in [-0.3, -0.25) is 0 Å². The summed E-state index contributed by atoms with van der Waals surface area (Å²) in [6.07, 6.45) is -0.828. The Balaban J connectivity index is 2.06. The first-order valence-corrected chi connectivity index (χ1v) is 2.96. The fourth-order valence-corrected chi connectivity index (χ4v) is 1.15. The molecule has 0 aromatic rings. The van der Waals surface area contributed by atoms with E-state index >= 15 is 0 Å². The molecule has 0 radical (unpaired) electrons. The van der Waals surface area contributed by atoms with Gasteiger partial charge in [0, 0.05) is 6.54 Å². The van der Waals surface area contributed by atoms with Gasteiger partial charge in [0.2, 0.25) is 0 Å². The molecule has 1 saturated carbocycles. The molecule has 4 heteroatoms. The molecule has 0 unspecified atom stereocenters. The second-order valence-electron chi connectivity index (χ2n) is 2.40. The Labute approximate surface area is 51.2 Å². The fraction of sp³-hybridized carbons (Fsp3) is 1.00. The number of ether oxygens (including phenoxy) is 1. The smallest absolute Gasteiger partial charge is 0.293 e. The van der Waals surface area contributed by atoms with Gasteiger partial charge in [-0.25, -0.2) is 8.78 Å². The maximum Gasteiger partial charge on any atom is 0.293 e. The van der Waals surface area contributed by atoms with Gasteiger partial charge in [0.05, 0.1) is 6.61 Å². The normalized spacial score (nSPS) is 46.0. The Hall–Kier alpha value is -0.220. The highest BCUT2D eigenvalue weighted by molar-refractivity contribution is 5.15. The van der Waals surface area contributed by atoms with Gasteiger partial charge in [-0.05, 0) is 0 Å². The van der Waals surface area contributed by atoms with Crippen molar-refractivity contribution in [1.29, 1.82) is 0 Å². The van der Waals surface area contributed by atoms with Crippen molar-refractivity contribution in [1.82, 2.24) is 5.32 Å². The predicted molar refractivity (Wildman–Crippen MR) is 26.5 cm³/mol. The molecule has 1 heterocycles. The zero-order valence-corrected chi connectivity index (χ0v) is 4.73. The van der Waals surface area contributed by atoms with Gasteiger partial charge >= 0.3 is 0 Å². The number of halogens is 2. The van der Waals surface area contributed by atoms with Crippen molar-refractivity contribution in [2.24, 2.45) is 0 Å². The second-order valence-corrected chi connectivity index (χ2v) is 2.40. The molecule has 2 rings (SSSR count). The van der Waals surface area contributed by atoms with Crippen LogP contribution in [0.3, 0.4) is 0 Å². The first-order valence-electron chi connectivity index (χ1n) is 2.96. The van der Waals surface area contributed by atoms with Crippen LogP contribution >= 0.6 is 0 Å². The fourth-order valence-electron chi connectivity index (χ4n) is 1.15. The molecule has 2 atom stereocenters. The van der Waals surface area contributed by atoms with Gasteiger partial charge in [0.15, 0.2) is 0 Å². The molecular formula is C5H7F2NO. The predicted octanol–water partition coefficient (Wildman–Crippen LogP) is -0.00770. The van der Waals surface area contributed by atoms with Crippen LogP contribution in [-0.2, 0) is 4.74 Å². The van der Waals surface area contributed by atoms with Crippen molar-refractivity contribution in [2.75, 3.05) is 13.2 Å². The highest BCUT2D eigenvalue weighted by Crippen LogP contribution is 2.45. The van der Waals surface area contributed by atoms with E-state index in [9.17, 15) is 8.78 Å². The maximum absolute atomic E-state index is 12.3. The lowest BCUT2D eigenvalue weighted by Gasteiger charge is -2.07. The van der Waals surface area contributed by atoms with Crippen LogP contribution in [0, 0.1) is 0 Å². The largest absolute Gasteiger partial charge is 0.369 e. The number of nitrogens with one attached hydrogen (secondary N) is 1. The summed E-state index contributed by atoms with van der Waals surface area (Å²) in [6, 6.07) is -0.689. The SMILES string of the molecule is FC1(F)[C@@H]2NCCO[C@@H]21. The topological polar surface area (TPSA) is 21.3 Å². The van der Waals surface area contributed by atoms with E-state index in [0.717, 1.165) is 0 Å². The molecule has 0 aromatic carbocycles. The summed E-state index contributed by atoms with van der Waals surface area (Å²) in [5, 5.41) is 2.67. The average molecular weight is 135 g/mol. The summed E-state index contributed by atoms with van der Waals surface area (Å²) in [6.45, 7) is 0.966. The highest BCUT2D eigenvalue weighted by Gasteiger charge is 2.70. The van der Waals surface area contributed by atoms with Gasteiger partial charge in [-0.15, -0.1) is 0 Å². The van der Waals surface area contributed by atoms with Gasteiger partial charge in [0.1, 0.15) is 12.1 Å². The number of hydrogen-bond donors (Lipinski definition) is 1. The van der Waals surface area contributed by atoms with Gasteiger partial charge < -0.3 is 10.1 Å². The van der Waals surface area contributed by atoms with Gasteiger partial charge in [0.25, 0.3) is 5.92 Å². The number of fused-ring (bicyclic) bond motifs is 1. The lowest BCUT2D eigenvalue weighted by Crippen LogP contribution is -2.31. The molecule has 9 heavy (non-hydrogen) atoms. The van der Waals surface area contributed by atoms with Crippen LogP contribution in [-0.4, -0.2) is 31.2 Å². The van der Waals surface area contributed by atoms with Crippen LogP contribution in [0.2, 0.25) is 0 Å². The third-order valence-electron chi connectivity index (χ3n) is 1.75. The van der Waals surface area contributed by atoms with Crippen LogP contribution in [0.15, 0.2) is 0 Å². The summed E-state index contributed by atoms with van der Waals surface area (Å²) in [7, 11) is 0. The van der Waals surface area contributed by atoms with Crippen LogP contribution in [0.25, 0.3) is 0 Å². The Morgan fingerprint density at radius 1 is 1.56 bits per heavy atom. The number of morpholine rings is 1. The minimum atomic E-state index is -2.59. The quantitative estimate of drug-likeness (QED) is 0.504. The average Bonchev–Trinajstić information content (AvgIpc) is 2.39.